The third kappa shape index (κ3) is 4.48. The van der Waals surface area contributed by atoms with E-state index in [1.165, 1.54) is 0 Å². The number of aryl methyl sites for hydroxylation is 1. The number of carbonyl (C=O) groups excluding carboxylic acids is 1. The molecule has 0 aliphatic carbocycles. The average Bonchev–Trinajstić information content (AvgIpc) is 3.21. The van der Waals surface area contributed by atoms with Gasteiger partial charge in [-0.2, -0.15) is 0 Å². The van der Waals surface area contributed by atoms with Crippen molar-refractivity contribution >= 4 is 32.7 Å². The number of imidazole rings is 1. The molecule has 3 aromatic rings. The van der Waals surface area contributed by atoms with Gasteiger partial charge in [0.1, 0.15) is 17.2 Å². The van der Waals surface area contributed by atoms with Crippen molar-refractivity contribution in [3.05, 3.63) is 54.1 Å². The van der Waals surface area contributed by atoms with E-state index in [1.807, 2.05) is 54.1 Å². The summed E-state index contributed by atoms with van der Waals surface area (Å²) in [6, 6.07) is 11.7. The molecule has 0 saturated heterocycles. The topological polar surface area (TPSA) is 61.2 Å². The molecular weight excluding hydrogens is 380 g/mol. The summed E-state index contributed by atoms with van der Waals surface area (Å²) < 4.78 is 19.2. The Labute approximate surface area is 163 Å². The summed E-state index contributed by atoms with van der Waals surface area (Å²) in [7, 11) is -2.26. The Morgan fingerprint density at radius 3 is 2.81 bits per heavy atom. The number of carbonyl (C=O) groups is 1. The lowest BCUT2D eigenvalue weighted by molar-refractivity contribution is -0.142. The molecule has 2 heterocycles. The van der Waals surface area contributed by atoms with Gasteiger partial charge >= 0.3 is 5.97 Å². The fourth-order valence-electron chi connectivity index (χ4n) is 2.73. The quantitative estimate of drug-likeness (QED) is 0.466. The summed E-state index contributed by atoms with van der Waals surface area (Å²) in [5.74, 6) is 4.13. The lowest BCUT2D eigenvalue weighted by Crippen LogP contribution is -2.11. The van der Waals surface area contributed by atoms with E-state index in [0.29, 0.717) is 12.4 Å². The molecule has 0 fully saturated rings. The van der Waals surface area contributed by atoms with Gasteiger partial charge < -0.3 is 4.74 Å². The highest BCUT2D eigenvalue weighted by molar-refractivity contribution is 7.99. The number of benzene rings is 1. The third-order valence-electron chi connectivity index (χ3n) is 3.95. The van der Waals surface area contributed by atoms with Gasteiger partial charge in [0.25, 0.3) is 0 Å². The van der Waals surface area contributed by atoms with Crippen LogP contribution < -0.4 is 0 Å². The molecule has 0 bridgehead atoms. The Hall–Kier alpha value is -2.38. The fourth-order valence-corrected chi connectivity index (χ4v) is 4.48. The van der Waals surface area contributed by atoms with Crippen molar-refractivity contribution in [3.8, 4) is 15.4 Å². The molecule has 3 rings (SSSR count). The first-order valence-corrected chi connectivity index (χ1v) is 11.5. The predicted octanol–water partition coefficient (Wildman–Crippen LogP) is 3.72. The number of hydrogen-bond acceptors (Lipinski definition) is 5. The Balaban J connectivity index is 1.94. The van der Waals surface area contributed by atoms with Gasteiger partial charge in [-0.05, 0) is 59.1 Å². The van der Waals surface area contributed by atoms with Crippen LogP contribution in [0.2, 0.25) is 0 Å². The van der Waals surface area contributed by atoms with Gasteiger partial charge in [0, 0.05) is 22.2 Å². The molecule has 0 saturated carbocycles. The van der Waals surface area contributed by atoms with Crippen LogP contribution in [0.25, 0.3) is 15.4 Å². The summed E-state index contributed by atoms with van der Waals surface area (Å²) in [5, 5.41) is 0.960. The Bertz CT molecular complexity index is 1080. The molecule has 142 valence electrons. The van der Waals surface area contributed by atoms with Crippen LogP contribution in [0.4, 0.5) is 0 Å². The summed E-state index contributed by atoms with van der Waals surface area (Å²) in [6.07, 6.45) is 3.68. The molecule has 1 atom stereocenters. The van der Waals surface area contributed by atoms with Crippen molar-refractivity contribution in [2.45, 2.75) is 25.2 Å². The van der Waals surface area contributed by atoms with Crippen molar-refractivity contribution in [1.82, 2.24) is 9.55 Å². The predicted molar refractivity (Wildman–Crippen MR) is 111 cm³/mol. The largest absolute Gasteiger partial charge is 0.466 e. The molecule has 1 aromatic carbocycles. The minimum absolute atomic E-state index is 0.129. The van der Waals surface area contributed by atoms with Crippen molar-refractivity contribution in [2.24, 2.45) is 0 Å². The number of nitrogens with zero attached hydrogens (tertiary/aromatic N) is 2. The SMILES string of the molecule is C=S(C)(=O)c1cccc(-c2ccc(-n3cc(C)nc3CC(=O)OCC)s2)c1. The van der Waals surface area contributed by atoms with E-state index < -0.39 is 9.52 Å². The molecule has 1 unspecified atom stereocenters. The van der Waals surface area contributed by atoms with E-state index in [0.717, 1.165) is 26.0 Å². The van der Waals surface area contributed by atoms with Crippen LogP contribution in [0.15, 0.2) is 47.5 Å². The fraction of sp³-hybridized carbons (Fsp3) is 0.250. The molecule has 0 spiro atoms. The summed E-state index contributed by atoms with van der Waals surface area (Å²) in [5.41, 5.74) is 1.83. The highest BCUT2D eigenvalue weighted by Crippen LogP contribution is 2.32. The Morgan fingerprint density at radius 2 is 2.11 bits per heavy atom. The molecular formula is C20H22N2O3S2. The van der Waals surface area contributed by atoms with E-state index in [2.05, 4.69) is 10.9 Å². The number of aromatic nitrogens is 2. The lowest BCUT2D eigenvalue weighted by Gasteiger charge is -2.06. The van der Waals surface area contributed by atoms with Gasteiger partial charge in [-0.1, -0.05) is 12.1 Å². The maximum atomic E-state index is 12.2. The second-order valence-corrected chi connectivity index (χ2v) is 9.86. The second-order valence-electron chi connectivity index (χ2n) is 6.32. The van der Waals surface area contributed by atoms with Gasteiger partial charge in [-0.15, -0.1) is 11.3 Å². The van der Waals surface area contributed by atoms with Gasteiger partial charge in [-0.3, -0.25) is 13.6 Å². The zero-order valence-corrected chi connectivity index (χ0v) is 17.2. The molecule has 0 amide bonds. The molecule has 2 aromatic heterocycles. The lowest BCUT2D eigenvalue weighted by atomic mass is 10.2. The van der Waals surface area contributed by atoms with E-state index in [4.69, 9.17) is 4.74 Å². The first kappa shape index (κ1) is 19.4. The average molecular weight is 403 g/mol. The molecule has 0 radical (unpaired) electrons. The maximum absolute atomic E-state index is 12.2. The molecule has 5 nitrogen and oxygen atoms in total. The van der Waals surface area contributed by atoms with Gasteiger partial charge in [0.15, 0.2) is 0 Å². The molecule has 0 aliphatic rings. The number of hydrogen-bond donors (Lipinski definition) is 0. The first-order valence-electron chi connectivity index (χ1n) is 8.51. The van der Waals surface area contributed by atoms with Gasteiger partial charge in [0.05, 0.1) is 12.3 Å². The van der Waals surface area contributed by atoms with Gasteiger partial charge in [-0.25, -0.2) is 4.98 Å². The van der Waals surface area contributed by atoms with Crippen LogP contribution in [-0.4, -0.2) is 38.5 Å². The van der Waals surface area contributed by atoms with Crippen LogP contribution in [0.1, 0.15) is 18.4 Å². The first-order chi connectivity index (χ1) is 12.8. The molecule has 27 heavy (non-hydrogen) atoms. The third-order valence-corrected chi connectivity index (χ3v) is 6.34. The van der Waals surface area contributed by atoms with Crippen LogP contribution >= 0.6 is 11.3 Å². The van der Waals surface area contributed by atoms with E-state index >= 15 is 0 Å². The summed E-state index contributed by atoms with van der Waals surface area (Å²) in [4.78, 5) is 18.1. The second kappa shape index (κ2) is 7.70. The Kier molecular flexibility index (Phi) is 5.53. The van der Waals surface area contributed by atoms with E-state index in [-0.39, 0.29) is 12.4 Å². The van der Waals surface area contributed by atoms with Gasteiger partial charge in [0.2, 0.25) is 0 Å². The minimum Gasteiger partial charge on any atom is -0.466 e. The van der Waals surface area contributed by atoms with Crippen molar-refractivity contribution in [3.63, 3.8) is 0 Å². The standard InChI is InChI=1S/C20H22N2O3S2/c1-5-25-20(23)12-18-21-14(2)13-22(18)19-10-9-17(26-19)15-7-6-8-16(11-15)27(3,4)24/h6-11,13H,3,5,12H2,1-2,4H3. The molecule has 0 aliphatic heterocycles. The maximum Gasteiger partial charge on any atom is 0.313 e. The van der Waals surface area contributed by atoms with E-state index in [9.17, 15) is 9.00 Å². The monoisotopic (exact) mass is 402 g/mol. The normalized spacial score (nSPS) is 13.3. The smallest absolute Gasteiger partial charge is 0.313 e. The number of thiophene rings is 1. The summed E-state index contributed by atoms with van der Waals surface area (Å²) in [6.45, 7) is 4.04. The van der Waals surface area contributed by atoms with Crippen LogP contribution in [0.5, 0.6) is 0 Å². The Morgan fingerprint density at radius 1 is 1.33 bits per heavy atom. The van der Waals surface area contributed by atoms with Crippen LogP contribution in [-0.2, 0) is 25.5 Å². The zero-order chi connectivity index (χ0) is 19.6. The number of ether oxygens (including phenoxy) is 1. The van der Waals surface area contributed by atoms with Crippen molar-refractivity contribution < 1.29 is 13.7 Å². The highest BCUT2D eigenvalue weighted by Gasteiger charge is 2.15. The van der Waals surface area contributed by atoms with Crippen molar-refractivity contribution in [2.75, 3.05) is 12.9 Å². The molecule has 0 N–H and O–H groups in total. The van der Waals surface area contributed by atoms with Crippen LogP contribution in [0.3, 0.4) is 0 Å². The molecule has 7 heteroatoms. The number of esters is 1. The zero-order valence-electron chi connectivity index (χ0n) is 15.6. The van der Waals surface area contributed by atoms with Crippen LogP contribution in [0, 0.1) is 6.92 Å². The number of rotatable bonds is 6. The van der Waals surface area contributed by atoms with E-state index in [1.54, 1.807) is 24.5 Å². The minimum atomic E-state index is -2.26. The highest BCUT2D eigenvalue weighted by atomic mass is 32.2. The summed E-state index contributed by atoms with van der Waals surface area (Å²) >= 11 is 1.58. The van der Waals surface area contributed by atoms with Crippen molar-refractivity contribution in [1.29, 1.82) is 0 Å².